The molecule has 1 aliphatic rings. The van der Waals surface area contributed by atoms with E-state index in [1.54, 1.807) is 0 Å². The number of hydrazone groups is 1. The SMILES string of the molecule is CCN1CCN(C)N=C1c1ccccc1. The van der Waals surface area contributed by atoms with Gasteiger partial charge in [0.2, 0.25) is 0 Å². The van der Waals surface area contributed by atoms with Crippen LogP contribution in [0.25, 0.3) is 0 Å². The number of rotatable bonds is 2. The van der Waals surface area contributed by atoms with E-state index in [2.05, 4.69) is 41.2 Å². The fourth-order valence-electron chi connectivity index (χ4n) is 1.78. The van der Waals surface area contributed by atoms with Gasteiger partial charge < -0.3 is 4.90 Å². The van der Waals surface area contributed by atoms with Gasteiger partial charge in [-0.3, -0.25) is 5.01 Å². The molecule has 3 nitrogen and oxygen atoms in total. The second-order valence-electron chi connectivity index (χ2n) is 3.75. The summed E-state index contributed by atoms with van der Waals surface area (Å²) in [6, 6.07) is 10.4. The largest absolute Gasteiger partial charge is 0.353 e. The zero-order chi connectivity index (χ0) is 10.7. The Labute approximate surface area is 91.0 Å². The number of nitrogens with zero attached hydrogens (tertiary/aromatic N) is 3. The molecule has 2 rings (SSSR count). The van der Waals surface area contributed by atoms with Crippen LogP contribution in [-0.2, 0) is 0 Å². The van der Waals surface area contributed by atoms with Crippen LogP contribution in [0, 0.1) is 0 Å². The maximum Gasteiger partial charge on any atom is 0.156 e. The Morgan fingerprint density at radius 1 is 1.20 bits per heavy atom. The molecular formula is C12H17N3. The molecule has 0 aromatic heterocycles. The topological polar surface area (TPSA) is 18.8 Å². The fraction of sp³-hybridized carbons (Fsp3) is 0.417. The van der Waals surface area contributed by atoms with Crippen molar-refractivity contribution in [2.45, 2.75) is 6.92 Å². The highest BCUT2D eigenvalue weighted by molar-refractivity contribution is 5.98. The summed E-state index contributed by atoms with van der Waals surface area (Å²) in [5.41, 5.74) is 1.20. The average Bonchev–Trinajstić information content (AvgIpc) is 2.30. The zero-order valence-corrected chi connectivity index (χ0v) is 9.35. The Hall–Kier alpha value is -1.51. The molecule has 0 saturated heterocycles. The minimum atomic E-state index is 1.00. The zero-order valence-electron chi connectivity index (χ0n) is 9.35. The number of likely N-dealkylation sites (N-methyl/N-ethyl adjacent to an activating group) is 2. The molecule has 0 radical (unpaired) electrons. The highest BCUT2D eigenvalue weighted by Gasteiger charge is 2.17. The van der Waals surface area contributed by atoms with Crippen molar-refractivity contribution < 1.29 is 0 Å². The first kappa shape index (κ1) is 10.0. The Balaban J connectivity index is 2.32. The summed E-state index contributed by atoms with van der Waals surface area (Å²) >= 11 is 0. The summed E-state index contributed by atoms with van der Waals surface area (Å²) in [6.45, 7) is 5.25. The van der Waals surface area contributed by atoms with Crippen molar-refractivity contribution in [1.82, 2.24) is 9.91 Å². The van der Waals surface area contributed by atoms with E-state index in [-0.39, 0.29) is 0 Å². The predicted octanol–water partition coefficient (Wildman–Crippen LogP) is 1.62. The van der Waals surface area contributed by atoms with E-state index < -0.39 is 0 Å². The van der Waals surface area contributed by atoms with Crippen molar-refractivity contribution in [3.63, 3.8) is 0 Å². The molecule has 3 heteroatoms. The lowest BCUT2D eigenvalue weighted by Crippen LogP contribution is -2.42. The Morgan fingerprint density at radius 3 is 2.60 bits per heavy atom. The normalized spacial score (nSPS) is 16.5. The van der Waals surface area contributed by atoms with Gasteiger partial charge in [0.15, 0.2) is 5.84 Å². The van der Waals surface area contributed by atoms with Gasteiger partial charge in [-0.25, -0.2) is 0 Å². The summed E-state index contributed by atoms with van der Waals surface area (Å²) in [5, 5.41) is 6.59. The summed E-state index contributed by atoms with van der Waals surface area (Å²) in [6.07, 6.45) is 0. The molecule has 1 heterocycles. The van der Waals surface area contributed by atoms with Crippen molar-refractivity contribution in [3.05, 3.63) is 35.9 Å². The maximum atomic E-state index is 4.58. The number of benzene rings is 1. The van der Waals surface area contributed by atoms with E-state index in [1.807, 2.05) is 18.1 Å². The fourth-order valence-corrected chi connectivity index (χ4v) is 1.78. The minimum absolute atomic E-state index is 1.00. The van der Waals surface area contributed by atoms with E-state index >= 15 is 0 Å². The van der Waals surface area contributed by atoms with E-state index in [9.17, 15) is 0 Å². The van der Waals surface area contributed by atoms with Crippen LogP contribution in [0.3, 0.4) is 0 Å². The third-order valence-electron chi connectivity index (χ3n) is 2.67. The second-order valence-corrected chi connectivity index (χ2v) is 3.75. The molecule has 15 heavy (non-hydrogen) atoms. The smallest absolute Gasteiger partial charge is 0.156 e. The van der Waals surface area contributed by atoms with Crippen molar-refractivity contribution in [2.75, 3.05) is 26.7 Å². The van der Waals surface area contributed by atoms with Crippen LogP contribution >= 0.6 is 0 Å². The van der Waals surface area contributed by atoms with Gasteiger partial charge in [-0.05, 0) is 6.92 Å². The quantitative estimate of drug-likeness (QED) is 0.727. The van der Waals surface area contributed by atoms with Gasteiger partial charge in [0.25, 0.3) is 0 Å². The summed E-state index contributed by atoms with van der Waals surface area (Å²) in [7, 11) is 2.02. The Kier molecular flexibility index (Phi) is 2.90. The highest BCUT2D eigenvalue weighted by atomic mass is 15.5. The van der Waals surface area contributed by atoms with Crippen molar-refractivity contribution in [1.29, 1.82) is 0 Å². The van der Waals surface area contributed by atoms with Gasteiger partial charge >= 0.3 is 0 Å². The molecule has 0 N–H and O–H groups in total. The second kappa shape index (κ2) is 4.34. The van der Waals surface area contributed by atoms with Crippen LogP contribution < -0.4 is 0 Å². The number of hydrogen-bond donors (Lipinski definition) is 0. The van der Waals surface area contributed by atoms with Gasteiger partial charge in [0.05, 0.1) is 6.54 Å². The molecule has 0 spiro atoms. The molecule has 0 amide bonds. The first-order valence-corrected chi connectivity index (χ1v) is 5.41. The van der Waals surface area contributed by atoms with Crippen molar-refractivity contribution >= 4 is 5.84 Å². The molecule has 80 valence electrons. The average molecular weight is 203 g/mol. The van der Waals surface area contributed by atoms with Crippen LogP contribution in [-0.4, -0.2) is 42.4 Å². The molecule has 0 unspecified atom stereocenters. The molecular weight excluding hydrogens is 186 g/mol. The Morgan fingerprint density at radius 2 is 1.93 bits per heavy atom. The van der Waals surface area contributed by atoms with E-state index in [0.717, 1.165) is 25.5 Å². The van der Waals surface area contributed by atoms with Crippen LogP contribution in [0.1, 0.15) is 12.5 Å². The minimum Gasteiger partial charge on any atom is -0.353 e. The number of amidine groups is 1. The lowest BCUT2D eigenvalue weighted by molar-refractivity contribution is 0.267. The summed E-state index contributed by atoms with van der Waals surface area (Å²) < 4.78 is 0. The molecule has 1 aliphatic heterocycles. The van der Waals surface area contributed by atoms with Crippen LogP contribution in [0.4, 0.5) is 0 Å². The molecule has 1 aromatic rings. The third-order valence-corrected chi connectivity index (χ3v) is 2.67. The van der Waals surface area contributed by atoms with E-state index in [0.29, 0.717) is 0 Å². The lowest BCUT2D eigenvalue weighted by Gasteiger charge is -2.32. The lowest BCUT2D eigenvalue weighted by atomic mass is 10.2. The monoisotopic (exact) mass is 203 g/mol. The standard InChI is InChI=1S/C12H17N3/c1-3-15-10-9-14(2)13-12(15)11-7-5-4-6-8-11/h4-8H,3,9-10H2,1-2H3. The van der Waals surface area contributed by atoms with Gasteiger partial charge in [0, 0.05) is 25.7 Å². The van der Waals surface area contributed by atoms with Gasteiger partial charge in [0.1, 0.15) is 0 Å². The molecule has 0 fully saturated rings. The first-order chi connectivity index (χ1) is 7.31. The summed E-state index contributed by atoms with van der Waals surface area (Å²) in [5.74, 6) is 1.09. The first-order valence-electron chi connectivity index (χ1n) is 5.41. The van der Waals surface area contributed by atoms with Gasteiger partial charge in [-0.15, -0.1) is 0 Å². The van der Waals surface area contributed by atoms with E-state index in [1.165, 1.54) is 5.56 Å². The van der Waals surface area contributed by atoms with E-state index in [4.69, 9.17) is 0 Å². The van der Waals surface area contributed by atoms with Crippen LogP contribution in [0.15, 0.2) is 35.4 Å². The Bertz CT molecular complexity index is 345. The van der Waals surface area contributed by atoms with Gasteiger partial charge in [-0.2, -0.15) is 5.10 Å². The third kappa shape index (κ3) is 2.12. The predicted molar refractivity (Wildman–Crippen MR) is 62.9 cm³/mol. The summed E-state index contributed by atoms with van der Waals surface area (Å²) in [4.78, 5) is 2.31. The van der Waals surface area contributed by atoms with Crippen molar-refractivity contribution in [2.24, 2.45) is 5.10 Å². The van der Waals surface area contributed by atoms with Crippen LogP contribution in [0.5, 0.6) is 0 Å². The maximum absolute atomic E-state index is 4.58. The van der Waals surface area contributed by atoms with Crippen LogP contribution in [0.2, 0.25) is 0 Å². The molecule has 0 saturated carbocycles. The molecule has 1 aromatic carbocycles. The van der Waals surface area contributed by atoms with Crippen molar-refractivity contribution in [3.8, 4) is 0 Å². The highest BCUT2D eigenvalue weighted by Crippen LogP contribution is 2.10. The molecule has 0 bridgehead atoms. The molecule has 0 atom stereocenters. The van der Waals surface area contributed by atoms with Gasteiger partial charge in [-0.1, -0.05) is 30.3 Å². The molecule has 0 aliphatic carbocycles. The number of hydrogen-bond acceptors (Lipinski definition) is 3.